The van der Waals surface area contributed by atoms with Crippen molar-refractivity contribution in [2.75, 3.05) is 13.7 Å². The fourth-order valence-corrected chi connectivity index (χ4v) is 2.92. The monoisotopic (exact) mass is 310 g/mol. The Balaban J connectivity index is 1.95. The summed E-state index contributed by atoms with van der Waals surface area (Å²) < 4.78 is 13.0. The lowest BCUT2D eigenvalue weighted by atomic mass is 10.2. The van der Waals surface area contributed by atoms with Crippen LogP contribution in [0.2, 0.25) is 0 Å². The van der Waals surface area contributed by atoms with Crippen molar-refractivity contribution in [2.45, 2.75) is 44.2 Å². The van der Waals surface area contributed by atoms with Crippen LogP contribution >= 0.6 is 11.6 Å². The Labute approximate surface area is 128 Å². The van der Waals surface area contributed by atoms with Crippen molar-refractivity contribution in [3.05, 3.63) is 12.2 Å². The van der Waals surface area contributed by atoms with Crippen LogP contribution in [0.4, 0.5) is 0 Å². The average molecular weight is 311 g/mol. The van der Waals surface area contributed by atoms with Crippen molar-refractivity contribution in [3.8, 4) is 5.88 Å². The van der Waals surface area contributed by atoms with Crippen molar-refractivity contribution >= 4 is 22.8 Å². The zero-order chi connectivity index (χ0) is 14.8. The number of halogens is 1. The van der Waals surface area contributed by atoms with E-state index in [9.17, 15) is 0 Å². The molecule has 2 aromatic heterocycles. The highest BCUT2D eigenvalue weighted by atomic mass is 35.5. The average Bonchev–Trinajstić information content (AvgIpc) is 3.11. The van der Waals surface area contributed by atoms with Crippen molar-refractivity contribution < 1.29 is 9.47 Å². The number of hydrogen-bond donors (Lipinski definition) is 0. The van der Waals surface area contributed by atoms with Gasteiger partial charge in [0.1, 0.15) is 12.2 Å². The number of hydrogen-bond acceptors (Lipinski definition) is 5. The molecule has 0 saturated carbocycles. The summed E-state index contributed by atoms with van der Waals surface area (Å²) in [6.07, 6.45) is 5.02. The minimum atomic E-state index is -0.201. The van der Waals surface area contributed by atoms with Crippen molar-refractivity contribution in [1.29, 1.82) is 0 Å². The molecule has 21 heavy (non-hydrogen) atoms. The lowest BCUT2D eigenvalue weighted by Gasteiger charge is -2.13. The van der Waals surface area contributed by atoms with E-state index in [0.29, 0.717) is 17.5 Å². The lowest BCUT2D eigenvalue weighted by Crippen LogP contribution is -2.12. The zero-order valence-electron chi connectivity index (χ0n) is 12.3. The first-order chi connectivity index (χ1) is 10.2. The minimum Gasteiger partial charge on any atom is -0.479 e. The second kappa shape index (κ2) is 6.15. The number of rotatable bonds is 5. The van der Waals surface area contributed by atoms with Crippen LogP contribution in [-0.2, 0) is 11.3 Å². The van der Waals surface area contributed by atoms with Crippen LogP contribution in [0, 0.1) is 0 Å². The van der Waals surface area contributed by atoms with Gasteiger partial charge in [-0.2, -0.15) is 4.98 Å². The fraction of sp³-hybridized carbons (Fsp3) is 0.643. The second-order valence-electron chi connectivity index (χ2n) is 5.22. The number of methoxy groups -OCH3 is 1. The van der Waals surface area contributed by atoms with E-state index in [2.05, 4.69) is 19.5 Å². The molecule has 0 radical (unpaired) electrons. The maximum absolute atomic E-state index is 6.27. The van der Waals surface area contributed by atoms with Crippen LogP contribution < -0.4 is 4.74 Å². The van der Waals surface area contributed by atoms with Crippen LogP contribution in [0.1, 0.15) is 37.4 Å². The summed E-state index contributed by atoms with van der Waals surface area (Å²) >= 11 is 6.27. The first-order valence-corrected chi connectivity index (χ1v) is 7.65. The first kappa shape index (κ1) is 14.5. The molecular formula is C14H19ClN4O2. The molecule has 3 heterocycles. The molecule has 2 atom stereocenters. The predicted molar refractivity (Wildman–Crippen MR) is 79.7 cm³/mol. The van der Waals surface area contributed by atoms with E-state index in [1.165, 1.54) is 6.33 Å². The maximum atomic E-state index is 6.27. The lowest BCUT2D eigenvalue weighted by molar-refractivity contribution is 0.100. The van der Waals surface area contributed by atoms with Gasteiger partial charge in [-0.25, -0.2) is 9.97 Å². The van der Waals surface area contributed by atoms with Gasteiger partial charge in [0, 0.05) is 13.2 Å². The molecule has 0 spiro atoms. The summed E-state index contributed by atoms with van der Waals surface area (Å²) in [6.45, 7) is 3.56. The number of nitrogens with zero attached hydrogens (tertiary/aromatic N) is 4. The zero-order valence-corrected chi connectivity index (χ0v) is 13.0. The van der Waals surface area contributed by atoms with Crippen LogP contribution in [0.5, 0.6) is 5.88 Å². The molecular weight excluding hydrogens is 292 g/mol. The number of ether oxygens (including phenoxy) is 2. The van der Waals surface area contributed by atoms with Gasteiger partial charge in [-0.3, -0.25) is 0 Å². The van der Waals surface area contributed by atoms with Gasteiger partial charge in [-0.15, -0.1) is 11.6 Å². The van der Waals surface area contributed by atoms with Gasteiger partial charge in [-0.1, -0.05) is 0 Å². The Morgan fingerprint density at radius 2 is 2.38 bits per heavy atom. The Bertz CT molecular complexity index is 623. The highest BCUT2D eigenvalue weighted by molar-refractivity contribution is 6.20. The molecule has 1 fully saturated rings. The van der Waals surface area contributed by atoms with Crippen molar-refractivity contribution in [1.82, 2.24) is 19.5 Å². The largest absolute Gasteiger partial charge is 0.479 e. The van der Waals surface area contributed by atoms with Gasteiger partial charge in [0.05, 0.1) is 18.6 Å². The molecule has 6 nitrogen and oxygen atoms in total. The fourth-order valence-electron chi connectivity index (χ4n) is 2.75. The molecule has 2 aromatic rings. The second-order valence-corrected chi connectivity index (χ2v) is 5.87. The number of aromatic nitrogens is 4. The molecule has 0 amide bonds. The first-order valence-electron chi connectivity index (χ1n) is 7.21. The number of imidazole rings is 1. The van der Waals surface area contributed by atoms with Crippen LogP contribution in [0.15, 0.2) is 6.33 Å². The van der Waals surface area contributed by atoms with E-state index < -0.39 is 0 Å². The number of alkyl halides is 1. The molecule has 0 aromatic carbocycles. The molecule has 0 bridgehead atoms. The van der Waals surface area contributed by atoms with Crippen LogP contribution in [0.3, 0.4) is 0 Å². The van der Waals surface area contributed by atoms with E-state index in [-0.39, 0.29) is 5.38 Å². The summed E-state index contributed by atoms with van der Waals surface area (Å²) in [5.41, 5.74) is 1.43. The van der Waals surface area contributed by atoms with Crippen LogP contribution in [-0.4, -0.2) is 39.3 Å². The molecule has 0 aliphatic carbocycles. The summed E-state index contributed by atoms with van der Waals surface area (Å²) in [5.74, 6) is 1.28. The summed E-state index contributed by atoms with van der Waals surface area (Å²) in [5, 5.41) is -0.201. The molecule has 1 aliphatic rings. The van der Waals surface area contributed by atoms with Gasteiger partial charge < -0.3 is 14.0 Å². The maximum Gasteiger partial charge on any atom is 0.245 e. The van der Waals surface area contributed by atoms with E-state index in [1.807, 2.05) is 6.92 Å². The summed E-state index contributed by atoms with van der Waals surface area (Å²) in [4.78, 5) is 13.0. The highest BCUT2D eigenvalue weighted by Gasteiger charge is 2.21. The minimum absolute atomic E-state index is 0.201. The smallest absolute Gasteiger partial charge is 0.245 e. The van der Waals surface area contributed by atoms with Gasteiger partial charge in [-0.05, 0) is 26.2 Å². The van der Waals surface area contributed by atoms with Gasteiger partial charge in [0.25, 0.3) is 0 Å². The SMILES string of the molecule is COc1ncnc2c1nc(C(C)Cl)n2CCC1CCCO1. The Morgan fingerprint density at radius 3 is 3.05 bits per heavy atom. The summed E-state index contributed by atoms with van der Waals surface area (Å²) in [6, 6.07) is 0. The third kappa shape index (κ3) is 2.82. The van der Waals surface area contributed by atoms with Gasteiger partial charge in [0.2, 0.25) is 5.88 Å². The van der Waals surface area contributed by atoms with E-state index in [1.54, 1.807) is 7.11 Å². The van der Waals surface area contributed by atoms with Crippen molar-refractivity contribution in [2.24, 2.45) is 0 Å². The van der Waals surface area contributed by atoms with Gasteiger partial charge in [0.15, 0.2) is 11.2 Å². The van der Waals surface area contributed by atoms with Crippen molar-refractivity contribution in [3.63, 3.8) is 0 Å². The molecule has 0 N–H and O–H groups in total. The molecule has 2 unspecified atom stereocenters. The quantitative estimate of drug-likeness (QED) is 0.795. The Morgan fingerprint density at radius 1 is 1.52 bits per heavy atom. The summed E-state index contributed by atoms with van der Waals surface area (Å²) in [7, 11) is 1.58. The Hall–Kier alpha value is -1.40. The molecule has 1 saturated heterocycles. The van der Waals surface area contributed by atoms with Gasteiger partial charge >= 0.3 is 0 Å². The molecule has 7 heteroatoms. The highest BCUT2D eigenvalue weighted by Crippen LogP contribution is 2.28. The molecule has 1 aliphatic heterocycles. The normalized spacial score (nSPS) is 20.0. The van der Waals surface area contributed by atoms with E-state index >= 15 is 0 Å². The van der Waals surface area contributed by atoms with Crippen LogP contribution in [0.25, 0.3) is 11.2 Å². The molecule has 114 valence electrons. The molecule has 3 rings (SSSR count). The number of fused-ring (bicyclic) bond motifs is 1. The number of aryl methyl sites for hydroxylation is 1. The predicted octanol–water partition coefficient (Wildman–Crippen LogP) is 2.70. The van der Waals surface area contributed by atoms with E-state index in [4.69, 9.17) is 21.1 Å². The standard InChI is InChI=1S/C14H19ClN4O2/c1-9(15)12-18-11-13(16-8-17-14(11)20-2)19(12)6-5-10-4-3-7-21-10/h8-10H,3-7H2,1-2H3. The third-order valence-corrected chi connectivity index (χ3v) is 3.97. The third-order valence-electron chi connectivity index (χ3n) is 3.78. The topological polar surface area (TPSA) is 62.1 Å². The van der Waals surface area contributed by atoms with E-state index in [0.717, 1.165) is 43.9 Å². The Kier molecular flexibility index (Phi) is 4.26.